The molecule has 0 aliphatic carbocycles. The molecule has 0 spiro atoms. The molecule has 0 saturated heterocycles. The highest BCUT2D eigenvalue weighted by Crippen LogP contribution is 2.46. The Bertz CT molecular complexity index is 820. The Morgan fingerprint density at radius 1 is 1.00 bits per heavy atom. The van der Waals surface area contributed by atoms with Gasteiger partial charge < -0.3 is 9.16 Å². The van der Waals surface area contributed by atoms with E-state index in [0.717, 1.165) is 28.6 Å². The van der Waals surface area contributed by atoms with Crippen molar-refractivity contribution in [3.63, 3.8) is 0 Å². The van der Waals surface area contributed by atoms with Crippen LogP contribution in [0, 0.1) is 0 Å². The fourth-order valence-corrected chi connectivity index (χ4v) is 9.56. The summed E-state index contributed by atoms with van der Waals surface area (Å²) in [5, 5.41) is 6.32. The van der Waals surface area contributed by atoms with Crippen molar-refractivity contribution in [3.8, 4) is 11.5 Å². The van der Waals surface area contributed by atoms with Crippen LogP contribution in [0.4, 0.5) is 11.5 Å². The monoisotopic (exact) mass is 397 g/mol. The summed E-state index contributed by atoms with van der Waals surface area (Å²) in [6.07, 6.45) is 3.60. The van der Waals surface area contributed by atoms with E-state index in [4.69, 9.17) is 9.16 Å². The summed E-state index contributed by atoms with van der Waals surface area (Å²) in [5.41, 5.74) is 3.53. The minimum atomic E-state index is -2.03. The number of methoxy groups -OCH3 is 1. The second-order valence-electron chi connectivity index (χ2n) is 8.23. The van der Waals surface area contributed by atoms with Crippen LogP contribution in [0.15, 0.2) is 41.6 Å². The third-order valence-electron chi connectivity index (χ3n) is 5.65. The van der Waals surface area contributed by atoms with Gasteiger partial charge in [-0.25, -0.2) is 9.99 Å². The molecule has 0 unspecified atom stereocenters. The molecule has 0 bridgehead atoms. The number of aromatic nitrogens is 1. The Kier molecular flexibility index (Phi) is 5.79. The molecule has 0 radical (unpaired) electrons. The van der Waals surface area contributed by atoms with Crippen LogP contribution in [0.2, 0.25) is 16.6 Å². The lowest BCUT2D eigenvalue weighted by atomic mass is 10.2. The third-order valence-corrected chi connectivity index (χ3v) is 11.6. The van der Waals surface area contributed by atoms with Crippen molar-refractivity contribution in [1.82, 2.24) is 4.98 Å². The number of fused-ring (bicyclic) bond motifs is 1. The van der Waals surface area contributed by atoms with E-state index in [1.54, 1.807) is 13.3 Å². The maximum absolute atomic E-state index is 6.80. The molecule has 3 rings (SSSR count). The quantitative estimate of drug-likeness (QED) is 0.305. The fraction of sp³-hybridized carbons (Fsp3) is 0.455. The second kappa shape index (κ2) is 7.95. The van der Waals surface area contributed by atoms with Gasteiger partial charge in [0.1, 0.15) is 11.4 Å². The van der Waals surface area contributed by atoms with E-state index in [9.17, 15) is 0 Å². The summed E-state index contributed by atoms with van der Waals surface area (Å²) in [6.45, 7) is 13.7. The number of anilines is 2. The summed E-state index contributed by atoms with van der Waals surface area (Å²) in [7, 11) is -0.342. The lowest BCUT2D eigenvalue weighted by Crippen LogP contribution is -2.50. The molecular formula is C22H31N3O2Si. The number of hydrogen-bond acceptors (Lipinski definition) is 5. The first-order valence-electron chi connectivity index (χ1n) is 9.97. The van der Waals surface area contributed by atoms with Crippen LogP contribution in [-0.4, -0.2) is 26.6 Å². The molecule has 0 amide bonds. The maximum atomic E-state index is 6.80. The molecule has 28 heavy (non-hydrogen) atoms. The normalized spacial score (nSPS) is 13.6. The number of pyridine rings is 1. The van der Waals surface area contributed by atoms with Crippen molar-refractivity contribution in [3.05, 3.63) is 42.1 Å². The van der Waals surface area contributed by atoms with E-state index < -0.39 is 8.32 Å². The van der Waals surface area contributed by atoms with Crippen LogP contribution in [0.5, 0.6) is 11.5 Å². The summed E-state index contributed by atoms with van der Waals surface area (Å²) < 4.78 is 12.5. The van der Waals surface area contributed by atoms with E-state index in [1.165, 1.54) is 0 Å². The van der Waals surface area contributed by atoms with Gasteiger partial charge in [-0.3, -0.25) is 0 Å². The Hall–Kier alpha value is -2.34. The van der Waals surface area contributed by atoms with E-state index in [0.29, 0.717) is 16.6 Å². The number of rotatable bonds is 8. The first-order chi connectivity index (χ1) is 13.3. The van der Waals surface area contributed by atoms with Gasteiger partial charge in [-0.15, -0.1) is 0 Å². The van der Waals surface area contributed by atoms with E-state index in [-0.39, 0.29) is 0 Å². The van der Waals surface area contributed by atoms with Gasteiger partial charge in [-0.05, 0) is 52.5 Å². The minimum absolute atomic E-state index is 0.507. The van der Waals surface area contributed by atoms with Gasteiger partial charge in [-0.1, -0.05) is 41.5 Å². The van der Waals surface area contributed by atoms with Crippen molar-refractivity contribution in [2.24, 2.45) is 5.10 Å². The molecule has 6 heteroatoms. The second-order valence-corrected chi connectivity index (χ2v) is 13.6. The smallest absolute Gasteiger partial charge is 0.258 e. The van der Waals surface area contributed by atoms with E-state index in [1.807, 2.05) is 41.6 Å². The zero-order valence-corrected chi connectivity index (χ0v) is 18.9. The van der Waals surface area contributed by atoms with Crippen LogP contribution < -0.4 is 14.2 Å². The fourth-order valence-electron chi connectivity index (χ4n) is 4.31. The van der Waals surface area contributed by atoms with Crippen LogP contribution >= 0.6 is 0 Å². The lowest BCUT2D eigenvalue weighted by molar-refractivity contribution is 0.383. The molecule has 2 heterocycles. The van der Waals surface area contributed by atoms with E-state index in [2.05, 4.69) is 51.6 Å². The molecule has 0 saturated carbocycles. The summed E-state index contributed by atoms with van der Waals surface area (Å²) in [6, 6.07) is 9.95. The third kappa shape index (κ3) is 3.65. The molecule has 1 aliphatic rings. The highest BCUT2D eigenvalue weighted by atomic mass is 28.4. The lowest BCUT2D eigenvalue weighted by Gasteiger charge is -2.42. The summed E-state index contributed by atoms with van der Waals surface area (Å²) >= 11 is 0. The largest absolute Gasteiger partial charge is 0.540 e. The molecule has 0 fully saturated rings. The highest BCUT2D eigenvalue weighted by Gasteiger charge is 2.47. The zero-order valence-electron chi connectivity index (χ0n) is 17.9. The summed E-state index contributed by atoms with van der Waals surface area (Å²) in [5.74, 6) is 2.50. The van der Waals surface area contributed by atoms with Gasteiger partial charge in [0.25, 0.3) is 8.32 Å². The maximum Gasteiger partial charge on any atom is 0.258 e. The van der Waals surface area contributed by atoms with Crippen molar-refractivity contribution in [1.29, 1.82) is 0 Å². The molecule has 2 aromatic rings. The van der Waals surface area contributed by atoms with Crippen molar-refractivity contribution < 1.29 is 9.16 Å². The Morgan fingerprint density at radius 2 is 1.68 bits per heavy atom. The van der Waals surface area contributed by atoms with Crippen LogP contribution in [0.25, 0.3) is 0 Å². The van der Waals surface area contributed by atoms with Crippen molar-refractivity contribution >= 4 is 26.0 Å². The molecule has 1 aliphatic heterocycles. The van der Waals surface area contributed by atoms with Gasteiger partial charge in [0, 0.05) is 6.20 Å². The number of hydrazone groups is 1. The average molecular weight is 398 g/mol. The molecule has 0 N–H and O–H groups in total. The van der Waals surface area contributed by atoms with Gasteiger partial charge >= 0.3 is 0 Å². The molecule has 5 nitrogen and oxygen atoms in total. The average Bonchev–Trinajstić information content (AvgIpc) is 3.37. The standard InChI is InChI=1S/C22H31N3O2Si/c1-15(2)28(16(3)4,17(5)6)27-20-11-10-18(13-21(20)26-7)14-24-25-19-9-8-12-23-22(19)25/h8-17H,1-7H3. The van der Waals surface area contributed by atoms with Gasteiger partial charge in [0.15, 0.2) is 11.6 Å². The topological polar surface area (TPSA) is 46.7 Å². The first kappa shape index (κ1) is 20.4. The SMILES string of the molecule is COc1cc(C=NN2c3cccnc32)ccc1O[Si](C(C)C)(C(C)C)C(C)C. The van der Waals surface area contributed by atoms with Crippen LogP contribution in [-0.2, 0) is 0 Å². The highest BCUT2D eigenvalue weighted by molar-refractivity contribution is 6.78. The predicted octanol–water partition coefficient (Wildman–Crippen LogP) is 6.13. The number of hydrogen-bond donors (Lipinski definition) is 0. The van der Waals surface area contributed by atoms with Gasteiger partial charge in [0.05, 0.1) is 13.3 Å². The van der Waals surface area contributed by atoms with Crippen LogP contribution in [0.1, 0.15) is 47.1 Å². The first-order valence-corrected chi connectivity index (χ1v) is 12.1. The Balaban J connectivity index is 1.83. The molecular weight excluding hydrogens is 366 g/mol. The minimum Gasteiger partial charge on any atom is -0.540 e. The molecule has 150 valence electrons. The van der Waals surface area contributed by atoms with E-state index >= 15 is 0 Å². The number of ether oxygens (including phenoxy) is 1. The Morgan fingerprint density at radius 3 is 2.21 bits per heavy atom. The number of benzene rings is 1. The Labute approximate surface area is 169 Å². The molecule has 1 aromatic carbocycles. The van der Waals surface area contributed by atoms with Crippen molar-refractivity contribution in [2.45, 2.75) is 58.2 Å². The molecule has 0 atom stereocenters. The molecule has 1 aromatic heterocycles. The number of nitrogens with zero attached hydrogens (tertiary/aromatic N) is 3. The van der Waals surface area contributed by atoms with Gasteiger partial charge in [-0.2, -0.15) is 5.10 Å². The van der Waals surface area contributed by atoms with Crippen LogP contribution in [0.3, 0.4) is 0 Å². The van der Waals surface area contributed by atoms with Crippen molar-refractivity contribution in [2.75, 3.05) is 12.1 Å². The predicted molar refractivity (Wildman–Crippen MR) is 119 cm³/mol. The zero-order chi connectivity index (χ0) is 20.5. The summed E-state index contributed by atoms with van der Waals surface area (Å²) in [4.78, 5) is 4.28. The van der Waals surface area contributed by atoms with Gasteiger partial charge in [0.2, 0.25) is 0 Å².